The van der Waals surface area contributed by atoms with Gasteiger partial charge in [-0.05, 0) is 31.5 Å². The third kappa shape index (κ3) is 3.58. The Morgan fingerprint density at radius 3 is 2.89 bits per heavy atom. The van der Waals surface area contributed by atoms with Crippen molar-refractivity contribution in [1.29, 1.82) is 0 Å². The van der Waals surface area contributed by atoms with Crippen LogP contribution in [0.2, 0.25) is 0 Å². The topological polar surface area (TPSA) is 67.2 Å². The number of hydrogen-bond acceptors (Lipinski definition) is 3. The van der Waals surface area contributed by atoms with Gasteiger partial charge in [0.15, 0.2) is 0 Å². The van der Waals surface area contributed by atoms with Crippen molar-refractivity contribution in [2.45, 2.75) is 26.3 Å². The second kappa shape index (κ2) is 5.56. The van der Waals surface area contributed by atoms with E-state index < -0.39 is 0 Å². The highest BCUT2D eigenvalue weighted by molar-refractivity contribution is 5.92. The molecule has 0 bridgehead atoms. The normalized spacial score (nSPS) is 10.7. The fourth-order valence-corrected chi connectivity index (χ4v) is 1.74. The largest absolute Gasteiger partial charge is 0.508 e. The van der Waals surface area contributed by atoms with Gasteiger partial charge in [-0.25, -0.2) is 0 Å². The number of carbonyl (C=O) groups excluding carboxylic acids is 1. The molecule has 0 saturated heterocycles. The van der Waals surface area contributed by atoms with E-state index in [9.17, 15) is 9.90 Å². The van der Waals surface area contributed by atoms with Crippen LogP contribution in [0, 0.1) is 0 Å². The maximum atomic E-state index is 11.8. The van der Waals surface area contributed by atoms with Gasteiger partial charge < -0.3 is 10.4 Å². The summed E-state index contributed by atoms with van der Waals surface area (Å²) in [5.41, 5.74) is 1.45. The Morgan fingerprint density at radius 2 is 2.26 bits per heavy atom. The second-order valence-corrected chi connectivity index (χ2v) is 4.70. The lowest BCUT2D eigenvalue weighted by atomic mass is 10.1. The highest BCUT2D eigenvalue weighted by Gasteiger charge is 2.07. The number of anilines is 1. The zero-order valence-electron chi connectivity index (χ0n) is 11.0. The molecule has 0 unspecified atom stereocenters. The lowest BCUT2D eigenvalue weighted by molar-refractivity contribution is -0.115. The van der Waals surface area contributed by atoms with Crippen molar-refractivity contribution in [2.24, 2.45) is 0 Å². The summed E-state index contributed by atoms with van der Waals surface area (Å²) in [5.74, 6) is 0.0341. The summed E-state index contributed by atoms with van der Waals surface area (Å²) in [5, 5.41) is 16.3. The van der Waals surface area contributed by atoms with Crippen LogP contribution in [0.5, 0.6) is 5.75 Å². The lowest BCUT2D eigenvalue weighted by Crippen LogP contribution is -2.13. The average molecular weight is 259 g/mol. The second-order valence-electron chi connectivity index (χ2n) is 4.70. The van der Waals surface area contributed by atoms with Gasteiger partial charge in [-0.1, -0.05) is 12.1 Å². The molecule has 19 heavy (non-hydrogen) atoms. The van der Waals surface area contributed by atoms with Gasteiger partial charge in [0, 0.05) is 12.2 Å². The SMILES string of the molecule is CC(C)n1cc(NC(=O)Cc2cccc(O)c2)cn1. The molecular weight excluding hydrogens is 242 g/mol. The van der Waals surface area contributed by atoms with Crippen molar-refractivity contribution in [3.63, 3.8) is 0 Å². The minimum absolute atomic E-state index is 0.131. The molecule has 0 aliphatic heterocycles. The van der Waals surface area contributed by atoms with Gasteiger partial charge in [0.1, 0.15) is 5.75 Å². The third-order valence-electron chi connectivity index (χ3n) is 2.69. The van der Waals surface area contributed by atoms with Crippen molar-refractivity contribution < 1.29 is 9.90 Å². The number of phenols is 1. The molecule has 2 rings (SSSR count). The van der Waals surface area contributed by atoms with Crippen LogP contribution in [0.25, 0.3) is 0 Å². The summed E-state index contributed by atoms with van der Waals surface area (Å²) in [6.45, 7) is 4.04. The molecule has 5 nitrogen and oxygen atoms in total. The molecule has 1 aromatic heterocycles. The molecule has 2 aromatic rings. The lowest BCUT2D eigenvalue weighted by Gasteiger charge is -2.04. The Morgan fingerprint density at radius 1 is 1.47 bits per heavy atom. The molecule has 0 radical (unpaired) electrons. The van der Waals surface area contributed by atoms with E-state index in [-0.39, 0.29) is 24.1 Å². The molecule has 0 spiro atoms. The third-order valence-corrected chi connectivity index (χ3v) is 2.69. The zero-order valence-corrected chi connectivity index (χ0v) is 11.0. The van der Waals surface area contributed by atoms with E-state index in [4.69, 9.17) is 0 Å². The Bertz CT molecular complexity index is 576. The monoisotopic (exact) mass is 259 g/mol. The van der Waals surface area contributed by atoms with Crippen LogP contribution in [0.15, 0.2) is 36.7 Å². The molecule has 1 heterocycles. The Balaban J connectivity index is 1.97. The van der Waals surface area contributed by atoms with Crippen LogP contribution < -0.4 is 5.32 Å². The van der Waals surface area contributed by atoms with E-state index in [1.54, 1.807) is 41.3 Å². The Kier molecular flexibility index (Phi) is 3.85. The van der Waals surface area contributed by atoms with Crippen molar-refractivity contribution in [3.05, 3.63) is 42.2 Å². The first-order chi connectivity index (χ1) is 9.04. The van der Waals surface area contributed by atoms with E-state index in [2.05, 4.69) is 10.4 Å². The number of aromatic hydroxyl groups is 1. The maximum absolute atomic E-state index is 11.8. The van der Waals surface area contributed by atoms with E-state index in [1.165, 1.54) is 0 Å². The van der Waals surface area contributed by atoms with Crippen molar-refractivity contribution >= 4 is 11.6 Å². The van der Waals surface area contributed by atoms with Crippen molar-refractivity contribution in [2.75, 3.05) is 5.32 Å². The summed E-state index contributed by atoms with van der Waals surface area (Å²) >= 11 is 0. The number of benzene rings is 1. The molecule has 0 fully saturated rings. The number of amides is 1. The zero-order chi connectivity index (χ0) is 13.8. The average Bonchev–Trinajstić information content (AvgIpc) is 2.77. The first-order valence-electron chi connectivity index (χ1n) is 6.16. The number of nitrogens with one attached hydrogen (secondary N) is 1. The van der Waals surface area contributed by atoms with E-state index in [1.807, 2.05) is 13.8 Å². The van der Waals surface area contributed by atoms with Crippen LogP contribution in [-0.4, -0.2) is 20.8 Å². The number of hydrogen-bond donors (Lipinski definition) is 2. The summed E-state index contributed by atoms with van der Waals surface area (Å²) in [6.07, 6.45) is 3.65. The summed E-state index contributed by atoms with van der Waals surface area (Å²) < 4.78 is 1.78. The predicted molar refractivity (Wildman–Crippen MR) is 73.1 cm³/mol. The molecular formula is C14H17N3O2. The van der Waals surface area contributed by atoms with Crippen LogP contribution in [-0.2, 0) is 11.2 Å². The molecule has 0 atom stereocenters. The molecule has 0 aliphatic rings. The van der Waals surface area contributed by atoms with Crippen molar-refractivity contribution in [3.8, 4) is 5.75 Å². The quantitative estimate of drug-likeness (QED) is 0.885. The van der Waals surface area contributed by atoms with Gasteiger partial charge in [-0.3, -0.25) is 9.48 Å². The number of nitrogens with zero attached hydrogens (tertiary/aromatic N) is 2. The van der Waals surface area contributed by atoms with Gasteiger partial charge in [-0.2, -0.15) is 5.10 Å². The van der Waals surface area contributed by atoms with E-state index in [0.29, 0.717) is 5.69 Å². The Hall–Kier alpha value is -2.30. The standard InChI is InChI=1S/C14H17N3O2/c1-10(2)17-9-12(8-15-17)16-14(19)7-11-4-3-5-13(18)6-11/h3-6,8-10,18H,7H2,1-2H3,(H,16,19). The fraction of sp³-hybridized carbons (Fsp3) is 0.286. The Labute approximate surface area is 111 Å². The van der Waals surface area contributed by atoms with Crippen LogP contribution in [0.1, 0.15) is 25.5 Å². The molecule has 1 amide bonds. The summed E-state index contributed by atoms with van der Waals surface area (Å²) in [6, 6.07) is 6.94. The van der Waals surface area contributed by atoms with E-state index >= 15 is 0 Å². The molecule has 0 saturated carbocycles. The van der Waals surface area contributed by atoms with Crippen LogP contribution in [0.4, 0.5) is 5.69 Å². The highest BCUT2D eigenvalue weighted by atomic mass is 16.3. The van der Waals surface area contributed by atoms with Gasteiger partial charge in [0.2, 0.25) is 5.91 Å². The minimum atomic E-state index is -0.131. The van der Waals surface area contributed by atoms with Gasteiger partial charge in [-0.15, -0.1) is 0 Å². The first kappa shape index (κ1) is 13.1. The highest BCUT2D eigenvalue weighted by Crippen LogP contribution is 2.13. The van der Waals surface area contributed by atoms with Gasteiger partial charge in [0.05, 0.1) is 18.3 Å². The van der Waals surface area contributed by atoms with Gasteiger partial charge >= 0.3 is 0 Å². The van der Waals surface area contributed by atoms with Gasteiger partial charge in [0.25, 0.3) is 0 Å². The number of phenolic OH excluding ortho intramolecular Hbond substituents is 1. The minimum Gasteiger partial charge on any atom is -0.508 e. The summed E-state index contributed by atoms with van der Waals surface area (Å²) in [4.78, 5) is 11.8. The molecule has 0 aliphatic carbocycles. The smallest absolute Gasteiger partial charge is 0.228 e. The van der Waals surface area contributed by atoms with E-state index in [0.717, 1.165) is 5.56 Å². The summed E-state index contributed by atoms with van der Waals surface area (Å²) in [7, 11) is 0. The predicted octanol–water partition coefficient (Wildman–Crippen LogP) is 2.35. The van der Waals surface area contributed by atoms with Crippen LogP contribution >= 0.6 is 0 Å². The molecule has 5 heteroatoms. The number of rotatable bonds is 4. The van der Waals surface area contributed by atoms with Crippen LogP contribution in [0.3, 0.4) is 0 Å². The number of aromatic nitrogens is 2. The molecule has 2 N–H and O–H groups in total. The number of carbonyl (C=O) groups is 1. The maximum Gasteiger partial charge on any atom is 0.228 e. The molecule has 100 valence electrons. The molecule has 1 aromatic carbocycles. The first-order valence-corrected chi connectivity index (χ1v) is 6.16. The van der Waals surface area contributed by atoms with Crippen molar-refractivity contribution in [1.82, 2.24) is 9.78 Å². The fourth-order valence-electron chi connectivity index (χ4n) is 1.74.